The molecule has 0 saturated heterocycles. The fraction of sp³-hybridized carbons (Fsp3) is 1.00. The Morgan fingerprint density at radius 2 is 1.92 bits per heavy atom. The van der Waals surface area contributed by atoms with E-state index in [0.717, 1.165) is 18.3 Å². The second kappa shape index (κ2) is 5.58. The Labute approximate surface area is 76.2 Å². The van der Waals surface area contributed by atoms with Gasteiger partial charge < -0.3 is 5.11 Å². The van der Waals surface area contributed by atoms with Crippen LogP contribution in [0.3, 0.4) is 0 Å². The summed E-state index contributed by atoms with van der Waals surface area (Å²) in [5.74, 6) is 1.81. The first-order valence-electron chi connectivity index (χ1n) is 5.45. The third-order valence-electron chi connectivity index (χ3n) is 3.27. The maximum Gasteiger partial charge on any atom is 0.0431 e. The summed E-state index contributed by atoms with van der Waals surface area (Å²) in [6.07, 6.45) is 9.42. The van der Waals surface area contributed by atoms with Crippen LogP contribution in [-0.2, 0) is 0 Å². The van der Waals surface area contributed by atoms with E-state index in [-0.39, 0.29) is 0 Å². The van der Waals surface area contributed by atoms with Gasteiger partial charge in [-0.2, -0.15) is 0 Å². The number of aliphatic hydroxyl groups excluding tert-OH is 1. The van der Waals surface area contributed by atoms with E-state index in [1.165, 1.54) is 38.5 Å². The second-order valence-corrected chi connectivity index (χ2v) is 4.24. The van der Waals surface area contributed by atoms with Crippen LogP contribution in [-0.4, -0.2) is 11.7 Å². The van der Waals surface area contributed by atoms with Gasteiger partial charge in [-0.25, -0.2) is 0 Å². The second-order valence-electron chi connectivity index (χ2n) is 4.24. The number of hydrogen-bond acceptors (Lipinski definition) is 1. The Kier molecular flexibility index (Phi) is 4.67. The smallest absolute Gasteiger partial charge is 0.0431 e. The van der Waals surface area contributed by atoms with E-state index in [1.807, 2.05) is 0 Å². The maximum absolute atomic E-state index is 8.71. The van der Waals surface area contributed by atoms with Gasteiger partial charge in [-0.1, -0.05) is 39.0 Å². The summed E-state index contributed by atoms with van der Waals surface area (Å²) in [5, 5.41) is 8.71. The van der Waals surface area contributed by atoms with Gasteiger partial charge in [0.1, 0.15) is 0 Å². The minimum absolute atomic E-state index is 0.372. The lowest BCUT2D eigenvalue weighted by atomic mass is 9.79. The largest absolute Gasteiger partial charge is 0.396 e. The van der Waals surface area contributed by atoms with Crippen molar-refractivity contribution in [2.45, 2.75) is 51.9 Å². The summed E-state index contributed by atoms with van der Waals surface area (Å²) in [7, 11) is 0. The SMILES string of the molecule is C[C@@H](CCCO)C1CCCCC1. The van der Waals surface area contributed by atoms with Crippen LogP contribution in [0.15, 0.2) is 0 Å². The summed E-state index contributed by atoms with van der Waals surface area (Å²) in [5.41, 5.74) is 0. The Hall–Kier alpha value is -0.0400. The molecule has 0 spiro atoms. The molecule has 0 aromatic rings. The van der Waals surface area contributed by atoms with Gasteiger partial charge in [-0.15, -0.1) is 0 Å². The average Bonchev–Trinajstić information content (AvgIpc) is 2.15. The lowest BCUT2D eigenvalue weighted by Crippen LogP contribution is -2.15. The van der Waals surface area contributed by atoms with Gasteiger partial charge >= 0.3 is 0 Å². The van der Waals surface area contributed by atoms with Crippen LogP contribution in [0.5, 0.6) is 0 Å². The van der Waals surface area contributed by atoms with E-state index in [4.69, 9.17) is 5.11 Å². The fourth-order valence-electron chi connectivity index (χ4n) is 2.35. The molecule has 0 aliphatic heterocycles. The van der Waals surface area contributed by atoms with Crippen molar-refractivity contribution in [1.82, 2.24) is 0 Å². The van der Waals surface area contributed by atoms with Crippen molar-refractivity contribution in [2.75, 3.05) is 6.61 Å². The summed E-state index contributed by atoms with van der Waals surface area (Å²) >= 11 is 0. The van der Waals surface area contributed by atoms with E-state index in [0.29, 0.717) is 6.61 Å². The topological polar surface area (TPSA) is 20.2 Å². The molecular formula is C11H22O. The van der Waals surface area contributed by atoms with E-state index in [1.54, 1.807) is 0 Å². The predicted molar refractivity (Wildman–Crippen MR) is 52.1 cm³/mol. The van der Waals surface area contributed by atoms with Crippen LogP contribution in [0.4, 0.5) is 0 Å². The molecule has 0 radical (unpaired) electrons. The van der Waals surface area contributed by atoms with Crippen molar-refractivity contribution in [3.63, 3.8) is 0 Å². The molecule has 1 nitrogen and oxygen atoms in total. The van der Waals surface area contributed by atoms with Gasteiger partial charge in [0.15, 0.2) is 0 Å². The standard InChI is InChI=1S/C11H22O/c1-10(6-5-9-12)11-7-3-2-4-8-11/h10-12H,2-9H2,1H3/t10-/m0/s1. The molecule has 0 amide bonds. The van der Waals surface area contributed by atoms with Crippen molar-refractivity contribution in [3.05, 3.63) is 0 Å². The van der Waals surface area contributed by atoms with Crippen molar-refractivity contribution >= 4 is 0 Å². The van der Waals surface area contributed by atoms with Gasteiger partial charge in [-0.3, -0.25) is 0 Å². The molecule has 1 heteroatoms. The number of rotatable bonds is 4. The summed E-state index contributed by atoms with van der Waals surface area (Å²) < 4.78 is 0. The summed E-state index contributed by atoms with van der Waals surface area (Å²) in [6.45, 7) is 2.72. The molecule has 72 valence electrons. The van der Waals surface area contributed by atoms with E-state index < -0.39 is 0 Å². The molecule has 1 atom stereocenters. The highest BCUT2D eigenvalue weighted by atomic mass is 16.2. The molecule has 0 aromatic carbocycles. The van der Waals surface area contributed by atoms with Crippen molar-refractivity contribution in [2.24, 2.45) is 11.8 Å². The first-order valence-corrected chi connectivity index (χ1v) is 5.45. The van der Waals surface area contributed by atoms with Gasteiger partial charge in [0.25, 0.3) is 0 Å². The average molecular weight is 170 g/mol. The van der Waals surface area contributed by atoms with Gasteiger partial charge in [0, 0.05) is 6.61 Å². The molecule has 0 aromatic heterocycles. The van der Waals surface area contributed by atoms with Crippen LogP contribution < -0.4 is 0 Å². The third-order valence-corrected chi connectivity index (χ3v) is 3.27. The number of aliphatic hydroxyl groups is 1. The van der Waals surface area contributed by atoms with Crippen LogP contribution in [0.1, 0.15) is 51.9 Å². The van der Waals surface area contributed by atoms with E-state index in [9.17, 15) is 0 Å². The third kappa shape index (κ3) is 3.14. The van der Waals surface area contributed by atoms with Gasteiger partial charge in [0.05, 0.1) is 0 Å². The van der Waals surface area contributed by atoms with Crippen LogP contribution >= 0.6 is 0 Å². The fourth-order valence-corrected chi connectivity index (χ4v) is 2.35. The highest BCUT2D eigenvalue weighted by Gasteiger charge is 2.19. The lowest BCUT2D eigenvalue weighted by molar-refractivity contribution is 0.221. The molecular weight excluding hydrogens is 148 g/mol. The zero-order chi connectivity index (χ0) is 8.81. The lowest BCUT2D eigenvalue weighted by Gasteiger charge is -2.27. The van der Waals surface area contributed by atoms with Gasteiger partial charge in [-0.05, 0) is 24.7 Å². The molecule has 0 unspecified atom stereocenters. The molecule has 0 heterocycles. The zero-order valence-electron chi connectivity index (χ0n) is 8.26. The van der Waals surface area contributed by atoms with Crippen LogP contribution in [0.2, 0.25) is 0 Å². The molecule has 1 saturated carbocycles. The molecule has 0 bridgehead atoms. The Morgan fingerprint density at radius 1 is 1.25 bits per heavy atom. The first kappa shape index (κ1) is 10.0. The molecule has 1 aliphatic rings. The van der Waals surface area contributed by atoms with Crippen molar-refractivity contribution < 1.29 is 5.11 Å². The maximum atomic E-state index is 8.71. The van der Waals surface area contributed by atoms with Crippen molar-refractivity contribution in [1.29, 1.82) is 0 Å². The molecule has 1 N–H and O–H groups in total. The summed E-state index contributed by atoms with van der Waals surface area (Å²) in [4.78, 5) is 0. The monoisotopic (exact) mass is 170 g/mol. The van der Waals surface area contributed by atoms with E-state index in [2.05, 4.69) is 6.92 Å². The van der Waals surface area contributed by atoms with Gasteiger partial charge in [0.2, 0.25) is 0 Å². The van der Waals surface area contributed by atoms with Crippen molar-refractivity contribution in [3.8, 4) is 0 Å². The Bertz CT molecular complexity index is 106. The Morgan fingerprint density at radius 3 is 2.50 bits per heavy atom. The quantitative estimate of drug-likeness (QED) is 0.687. The predicted octanol–water partition coefficient (Wildman–Crippen LogP) is 2.98. The first-order chi connectivity index (χ1) is 5.84. The molecule has 1 fully saturated rings. The highest BCUT2D eigenvalue weighted by Crippen LogP contribution is 2.31. The van der Waals surface area contributed by atoms with E-state index >= 15 is 0 Å². The normalized spacial score (nSPS) is 22.5. The van der Waals surface area contributed by atoms with Crippen LogP contribution in [0.25, 0.3) is 0 Å². The highest BCUT2D eigenvalue weighted by molar-refractivity contribution is 4.70. The summed E-state index contributed by atoms with van der Waals surface area (Å²) in [6, 6.07) is 0. The minimum atomic E-state index is 0.372. The number of hydrogen-bond donors (Lipinski definition) is 1. The minimum Gasteiger partial charge on any atom is -0.396 e. The molecule has 1 rings (SSSR count). The zero-order valence-corrected chi connectivity index (χ0v) is 8.26. The van der Waals surface area contributed by atoms with Crippen LogP contribution in [0, 0.1) is 11.8 Å². The molecule has 1 aliphatic carbocycles. The molecule has 12 heavy (non-hydrogen) atoms. The Balaban J connectivity index is 2.15.